The molecule has 0 bridgehead atoms. The van der Waals surface area contributed by atoms with E-state index in [4.69, 9.17) is 22.1 Å². The normalized spacial score (nSPS) is 10.8. The first-order chi connectivity index (χ1) is 10.1. The molecule has 2 aromatic carbocycles. The zero-order valence-electron chi connectivity index (χ0n) is 11.5. The van der Waals surface area contributed by atoms with Crippen LogP contribution in [0.15, 0.2) is 42.5 Å². The van der Waals surface area contributed by atoms with E-state index in [9.17, 15) is 0 Å². The number of halogens is 1. The largest absolute Gasteiger partial charge is 0.470 e. The molecule has 2 N–H and O–H groups in total. The highest BCUT2D eigenvalue weighted by Crippen LogP contribution is 2.22. The minimum Gasteiger partial charge on any atom is -0.470 e. The van der Waals surface area contributed by atoms with Crippen molar-refractivity contribution >= 4 is 28.5 Å². The van der Waals surface area contributed by atoms with Crippen molar-refractivity contribution in [1.82, 2.24) is 9.97 Å². The van der Waals surface area contributed by atoms with Crippen LogP contribution >= 0.6 is 11.6 Å². The standard InChI is InChI=1S/C16H14ClN3O/c1-10-2-7-13-14(8-10)19-15(18)16(20-13)21-9-11-3-5-12(17)6-4-11/h2-8H,9H2,1H3,(H2,18,19). The fraction of sp³-hybridized carbons (Fsp3) is 0.125. The van der Waals surface area contributed by atoms with Gasteiger partial charge in [0.15, 0.2) is 5.82 Å². The van der Waals surface area contributed by atoms with Crippen LogP contribution in [0.4, 0.5) is 5.82 Å². The molecule has 106 valence electrons. The second-order valence-corrected chi connectivity index (χ2v) is 5.26. The van der Waals surface area contributed by atoms with Crippen molar-refractivity contribution in [1.29, 1.82) is 0 Å². The molecule has 3 aromatic rings. The number of nitrogens with zero attached hydrogens (tertiary/aromatic N) is 2. The second kappa shape index (κ2) is 5.58. The Labute approximate surface area is 127 Å². The van der Waals surface area contributed by atoms with E-state index in [0.29, 0.717) is 23.3 Å². The van der Waals surface area contributed by atoms with Crippen LogP contribution in [0, 0.1) is 6.92 Å². The van der Waals surface area contributed by atoms with Gasteiger partial charge < -0.3 is 10.5 Å². The maximum atomic E-state index is 5.91. The molecule has 0 radical (unpaired) electrons. The van der Waals surface area contributed by atoms with E-state index in [1.54, 1.807) is 0 Å². The van der Waals surface area contributed by atoms with Crippen LogP contribution in [0.3, 0.4) is 0 Å². The average molecular weight is 300 g/mol. The van der Waals surface area contributed by atoms with Gasteiger partial charge in [-0.15, -0.1) is 0 Å². The lowest BCUT2D eigenvalue weighted by atomic mass is 10.2. The molecule has 5 heteroatoms. The van der Waals surface area contributed by atoms with Gasteiger partial charge in [0.2, 0.25) is 0 Å². The van der Waals surface area contributed by atoms with Crippen molar-refractivity contribution in [2.24, 2.45) is 0 Å². The van der Waals surface area contributed by atoms with Crippen molar-refractivity contribution in [3.05, 3.63) is 58.6 Å². The third kappa shape index (κ3) is 3.06. The highest BCUT2D eigenvalue weighted by atomic mass is 35.5. The number of fused-ring (bicyclic) bond motifs is 1. The lowest BCUT2D eigenvalue weighted by Gasteiger charge is -2.09. The van der Waals surface area contributed by atoms with Crippen molar-refractivity contribution < 1.29 is 4.74 Å². The number of benzene rings is 2. The van der Waals surface area contributed by atoms with Gasteiger partial charge in [0, 0.05) is 5.02 Å². The molecular weight excluding hydrogens is 286 g/mol. The van der Waals surface area contributed by atoms with Gasteiger partial charge in [-0.05, 0) is 42.3 Å². The van der Waals surface area contributed by atoms with Crippen LogP contribution in [0.25, 0.3) is 11.0 Å². The maximum Gasteiger partial charge on any atom is 0.258 e. The number of hydrogen-bond acceptors (Lipinski definition) is 4. The first kappa shape index (κ1) is 13.6. The van der Waals surface area contributed by atoms with E-state index < -0.39 is 0 Å². The number of nitrogens with two attached hydrogens (primary N) is 1. The molecule has 0 saturated heterocycles. The molecule has 0 spiro atoms. The quantitative estimate of drug-likeness (QED) is 0.800. The van der Waals surface area contributed by atoms with E-state index >= 15 is 0 Å². The topological polar surface area (TPSA) is 61.0 Å². The summed E-state index contributed by atoms with van der Waals surface area (Å²) in [6, 6.07) is 13.3. The molecule has 21 heavy (non-hydrogen) atoms. The fourth-order valence-electron chi connectivity index (χ4n) is 2.00. The van der Waals surface area contributed by atoms with Gasteiger partial charge in [0.05, 0.1) is 11.0 Å². The molecule has 0 aliphatic rings. The number of anilines is 1. The van der Waals surface area contributed by atoms with E-state index in [1.807, 2.05) is 49.4 Å². The first-order valence-corrected chi connectivity index (χ1v) is 6.91. The number of hydrogen-bond donors (Lipinski definition) is 1. The molecule has 0 aliphatic heterocycles. The van der Waals surface area contributed by atoms with Crippen molar-refractivity contribution in [2.45, 2.75) is 13.5 Å². The summed E-state index contributed by atoms with van der Waals surface area (Å²) in [4.78, 5) is 8.74. The Balaban J connectivity index is 1.85. The van der Waals surface area contributed by atoms with E-state index in [0.717, 1.165) is 22.2 Å². The molecule has 4 nitrogen and oxygen atoms in total. The molecular formula is C16H14ClN3O. The van der Waals surface area contributed by atoms with Crippen LogP contribution < -0.4 is 10.5 Å². The summed E-state index contributed by atoms with van der Waals surface area (Å²) < 4.78 is 5.66. The molecule has 1 heterocycles. The molecule has 0 amide bonds. The van der Waals surface area contributed by atoms with Gasteiger partial charge >= 0.3 is 0 Å². The predicted octanol–water partition coefficient (Wildman–Crippen LogP) is 3.75. The van der Waals surface area contributed by atoms with E-state index in [2.05, 4.69) is 9.97 Å². The SMILES string of the molecule is Cc1ccc2nc(OCc3ccc(Cl)cc3)c(N)nc2c1. The van der Waals surface area contributed by atoms with Crippen LogP contribution in [-0.2, 0) is 6.61 Å². The summed E-state index contributed by atoms with van der Waals surface area (Å²) in [5.74, 6) is 0.642. The molecule has 0 aliphatic carbocycles. The third-order valence-corrected chi connectivity index (χ3v) is 3.35. The fourth-order valence-corrected chi connectivity index (χ4v) is 2.13. The summed E-state index contributed by atoms with van der Waals surface area (Å²) >= 11 is 5.85. The van der Waals surface area contributed by atoms with Crippen molar-refractivity contribution in [3.8, 4) is 5.88 Å². The lowest BCUT2D eigenvalue weighted by Crippen LogP contribution is -2.03. The van der Waals surface area contributed by atoms with E-state index in [-0.39, 0.29) is 0 Å². The molecule has 0 atom stereocenters. The number of rotatable bonds is 3. The number of aromatic nitrogens is 2. The van der Waals surface area contributed by atoms with Gasteiger partial charge in [0.25, 0.3) is 5.88 Å². The molecule has 0 unspecified atom stereocenters. The van der Waals surface area contributed by atoms with Crippen LogP contribution in [0.2, 0.25) is 5.02 Å². The minimum absolute atomic E-state index is 0.294. The Kier molecular flexibility index (Phi) is 3.62. The summed E-state index contributed by atoms with van der Waals surface area (Å²) in [5, 5.41) is 0.694. The Hall–Kier alpha value is -2.33. The monoisotopic (exact) mass is 299 g/mol. The van der Waals surface area contributed by atoms with Crippen LogP contribution in [0.1, 0.15) is 11.1 Å². The first-order valence-electron chi connectivity index (χ1n) is 6.53. The Morgan fingerprint density at radius 3 is 2.57 bits per heavy atom. The number of nitrogen functional groups attached to an aromatic ring is 1. The van der Waals surface area contributed by atoms with Crippen molar-refractivity contribution in [2.75, 3.05) is 5.73 Å². The Bertz CT molecular complexity index is 787. The average Bonchev–Trinajstić information content (AvgIpc) is 2.47. The second-order valence-electron chi connectivity index (χ2n) is 4.82. The maximum absolute atomic E-state index is 5.91. The van der Waals surface area contributed by atoms with Gasteiger partial charge in [-0.1, -0.05) is 29.8 Å². The van der Waals surface area contributed by atoms with E-state index in [1.165, 1.54) is 0 Å². The van der Waals surface area contributed by atoms with Gasteiger partial charge in [-0.25, -0.2) is 9.97 Å². The molecule has 3 rings (SSSR count). The van der Waals surface area contributed by atoms with Crippen molar-refractivity contribution in [3.63, 3.8) is 0 Å². The van der Waals surface area contributed by atoms with Gasteiger partial charge in [-0.2, -0.15) is 0 Å². The third-order valence-electron chi connectivity index (χ3n) is 3.10. The highest BCUT2D eigenvalue weighted by Gasteiger charge is 2.07. The zero-order chi connectivity index (χ0) is 14.8. The smallest absolute Gasteiger partial charge is 0.258 e. The minimum atomic E-state index is 0.294. The summed E-state index contributed by atoms with van der Waals surface area (Å²) in [5.41, 5.74) is 9.55. The zero-order valence-corrected chi connectivity index (χ0v) is 12.3. The summed E-state index contributed by atoms with van der Waals surface area (Å²) in [6.07, 6.45) is 0. The summed E-state index contributed by atoms with van der Waals surface area (Å²) in [7, 11) is 0. The Morgan fingerprint density at radius 2 is 1.81 bits per heavy atom. The molecule has 0 fully saturated rings. The summed E-state index contributed by atoms with van der Waals surface area (Å²) in [6.45, 7) is 2.37. The van der Waals surface area contributed by atoms with Gasteiger partial charge in [-0.3, -0.25) is 0 Å². The molecule has 0 saturated carbocycles. The number of ether oxygens (including phenoxy) is 1. The highest BCUT2D eigenvalue weighted by molar-refractivity contribution is 6.30. The van der Waals surface area contributed by atoms with Crippen LogP contribution in [-0.4, -0.2) is 9.97 Å². The lowest BCUT2D eigenvalue weighted by molar-refractivity contribution is 0.296. The number of aryl methyl sites for hydroxylation is 1. The molecule has 1 aromatic heterocycles. The Morgan fingerprint density at radius 1 is 1.05 bits per heavy atom. The van der Waals surface area contributed by atoms with Crippen LogP contribution in [0.5, 0.6) is 5.88 Å². The predicted molar refractivity (Wildman–Crippen MR) is 84.5 cm³/mol. The van der Waals surface area contributed by atoms with Gasteiger partial charge in [0.1, 0.15) is 6.61 Å².